The summed E-state index contributed by atoms with van der Waals surface area (Å²) >= 11 is 0. The van der Waals surface area contributed by atoms with Crippen molar-refractivity contribution in [1.82, 2.24) is 4.90 Å². The molecule has 2 bridgehead atoms. The third-order valence-corrected chi connectivity index (χ3v) is 5.56. The van der Waals surface area contributed by atoms with Gasteiger partial charge in [-0.3, -0.25) is 0 Å². The van der Waals surface area contributed by atoms with Crippen molar-refractivity contribution in [1.29, 1.82) is 0 Å². The predicted octanol–water partition coefficient (Wildman–Crippen LogP) is 2.17. The molecular weight excluding hydrogens is 294 g/mol. The monoisotopic (exact) mass is 317 g/mol. The summed E-state index contributed by atoms with van der Waals surface area (Å²) in [5.74, 6) is 1.08. The molecule has 4 rings (SSSR count). The van der Waals surface area contributed by atoms with E-state index in [0.717, 1.165) is 24.2 Å². The van der Waals surface area contributed by atoms with Crippen LogP contribution in [0.4, 0.5) is 0 Å². The minimum absolute atomic E-state index is 0.257. The third kappa shape index (κ3) is 2.72. The number of benzene rings is 1. The maximum absolute atomic E-state index is 11.8. The number of carbonyl (C=O) groups excluding carboxylic acids is 1. The van der Waals surface area contributed by atoms with Crippen LogP contribution < -0.4 is 9.47 Å². The van der Waals surface area contributed by atoms with Crippen LogP contribution in [0.2, 0.25) is 0 Å². The molecule has 3 aliphatic heterocycles. The van der Waals surface area contributed by atoms with Gasteiger partial charge in [-0.2, -0.15) is 0 Å². The molecule has 1 aromatic carbocycles. The number of rotatable bonds is 3. The highest BCUT2D eigenvalue weighted by atomic mass is 16.6. The highest BCUT2D eigenvalue weighted by Crippen LogP contribution is 2.37. The molecule has 0 saturated carbocycles. The summed E-state index contributed by atoms with van der Waals surface area (Å²) in [5, 5.41) is 0. The zero-order chi connectivity index (χ0) is 16.0. The number of fused-ring (bicyclic) bond motifs is 3. The molecule has 23 heavy (non-hydrogen) atoms. The first kappa shape index (κ1) is 15.0. The lowest BCUT2D eigenvalue weighted by atomic mass is 10.00. The van der Waals surface area contributed by atoms with E-state index in [1.807, 2.05) is 18.2 Å². The molecule has 0 radical (unpaired) electrons. The Hall–Kier alpha value is -1.59. The van der Waals surface area contributed by atoms with Crippen molar-refractivity contribution in [2.75, 3.05) is 14.2 Å². The van der Waals surface area contributed by atoms with Crippen molar-refractivity contribution in [3.8, 4) is 11.5 Å². The van der Waals surface area contributed by atoms with Crippen LogP contribution in [0, 0.1) is 0 Å². The van der Waals surface area contributed by atoms with Gasteiger partial charge < -0.3 is 19.1 Å². The molecule has 3 aliphatic rings. The number of methoxy groups -OCH3 is 1. The Balaban J connectivity index is 1.47. The standard InChI is InChI=1S/C18H23NO4/c1-19-12-4-5-13(19)9-15(8-12)22-14-6-3-11-7-17(21-2)18(20)23-16(11)10-14/h3,6,10,12-13,15,17H,4-5,7-9H2,1-2H3. The maximum Gasteiger partial charge on any atom is 0.340 e. The second kappa shape index (κ2) is 5.80. The van der Waals surface area contributed by atoms with Crippen LogP contribution in [-0.4, -0.2) is 49.3 Å². The number of piperidine rings is 1. The van der Waals surface area contributed by atoms with Crippen LogP contribution in [0.5, 0.6) is 11.5 Å². The summed E-state index contributed by atoms with van der Waals surface area (Å²) < 4.78 is 16.7. The summed E-state index contributed by atoms with van der Waals surface area (Å²) in [4.78, 5) is 14.3. The Kier molecular flexibility index (Phi) is 3.77. The van der Waals surface area contributed by atoms with Crippen molar-refractivity contribution >= 4 is 5.97 Å². The predicted molar refractivity (Wildman–Crippen MR) is 84.8 cm³/mol. The van der Waals surface area contributed by atoms with Crippen molar-refractivity contribution in [2.24, 2.45) is 0 Å². The highest BCUT2D eigenvalue weighted by molar-refractivity contribution is 5.80. The fraction of sp³-hybridized carbons (Fsp3) is 0.611. The van der Waals surface area contributed by atoms with Crippen molar-refractivity contribution < 1.29 is 19.0 Å². The Morgan fingerprint density at radius 3 is 2.65 bits per heavy atom. The zero-order valence-electron chi connectivity index (χ0n) is 13.7. The topological polar surface area (TPSA) is 48.0 Å². The van der Waals surface area contributed by atoms with Crippen LogP contribution in [0.15, 0.2) is 18.2 Å². The second-order valence-electron chi connectivity index (χ2n) is 6.88. The quantitative estimate of drug-likeness (QED) is 0.631. The molecule has 3 atom stereocenters. The Bertz CT molecular complexity index is 603. The molecule has 2 fully saturated rings. The first-order chi connectivity index (χ1) is 11.1. The van der Waals surface area contributed by atoms with Gasteiger partial charge in [-0.15, -0.1) is 0 Å². The van der Waals surface area contributed by atoms with E-state index in [2.05, 4.69) is 11.9 Å². The van der Waals surface area contributed by atoms with Gasteiger partial charge in [0.2, 0.25) is 0 Å². The van der Waals surface area contributed by atoms with E-state index in [0.29, 0.717) is 24.3 Å². The number of ether oxygens (including phenoxy) is 3. The summed E-state index contributed by atoms with van der Waals surface area (Å²) in [7, 11) is 3.76. The maximum atomic E-state index is 11.8. The van der Waals surface area contributed by atoms with Crippen molar-refractivity contribution in [2.45, 2.75) is 56.4 Å². The highest BCUT2D eigenvalue weighted by Gasteiger charge is 2.39. The van der Waals surface area contributed by atoms with Gasteiger partial charge in [-0.1, -0.05) is 6.07 Å². The molecule has 124 valence electrons. The number of hydrogen-bond acceptors (Lipinski definition) is 5. The van der Waals surface area contributed by atoms with Gasteiger partial charge in [0.05, 0.1) is 0 Å². The van der Waals surface area contributed by atoms with E-state index in [4.69, 9.17) is 14.2 Å². The molecule has 3 heterocycles. The van der Waals surface area contributed by atoms with Gasteiger partial charge in [0.1, 0.15) is 17.6 Å². The molecular formula is C18H23NO4. The molecule has 0 spiro atoms. The summed E-state index contributed by atoms with van der Waals surface area (Å²) in [5.41, 5.74) is 0.993. The molecule has 0 aromatic heterocycles. The van der Waals surface area contributed by atoms with Crippen molar-refractivity contribution in [3.63, 3.8) is 0 Å². The van der Waals surface area contributed by atoms with E-state index in [1.54, 1.807) is 0 Å². The SMILES string of the molecule is COC1Cc2ccc(OC3CC4CCC(C3)N4C)cc2OC1=O. The smallest absolute Gasteiger partial charge is 0.340 e. The average molecular weight is 317 g/mol. The molecule has 3 unspecified atom stereocenters. The van der Waals surface area contributed by atoms with Crippen LogP contribution >= 0.6 is 0 Å². The van der Waals surface area contributed by atoms with Crippen molar-refractivity contribution in [3.05, 3.63) is 23.8 Å². The van der Waals surface area contributed by atoms with Crippen LogP contribution in [0.1, 0.15) is 31.2 Å². The Labute approximate surface area is 136 Å². The fourth-order valence-electron chi connectivity index (χ4n) is 4.16. The number of esters is 1. The van der Waals surface area contributed by atoms with Crippen LogP contribution in [0.25, 0.3) is 0 Å². The molecule has 5 heteroatoms. The molecule has 5 nitrogen and oxygen atoms in total. The lowest BCUT2D eigenvalue weighted by molar-refractivity contribution is -0.147. The lowest BCUT2D eigenvalue weighted by Crippen LogP contribution is -2.43. The van der Waals surface area contributed by atoms with Crippen LogP contribution in [0.3, 0.4) is 0 Å². The largest absolute Gasteiger partial charge is 0.490 e. The molecule has 0 aliphatic carbocycles. The lowest BCUT2D eigenvalue weighted by Gasteiger charge is -2.36. The molecule has 0 N–H and O–H groups in total. The van der Waals surface area contributed by atoms with Gasteiger partial charge in [0.25, 0.3) is 0 Å². The van der Waals surface area contributed by atoms with E-state index in [1.165, 1.54) is 20.0 Å². The Morgan fingerprint density at radius 1 is 1.22 bits per heavy atom. The summed E-state index contributed by atoms with van der Waals surface area (Å²) in [6.45, 7) is 0. The molecule has 1 aromatic rings. The first-order valence-corrected chi connectivity index (χ1v) is 8.40. The normalized spacial score (nSPS) is 33.2. The average Bonchev–Trinajstić information content (AvgIpc) is 2.75. The minimum Gasteiger partial charge on any atom is -0.490 e. The summed E-state index contributed by atoms with van der Waals surface area (Å²) in [6, 6.07) is 7.10. The first-order valence-electron chi connectivity index (χ1n) is 8.40. The number of hydrogen-bond donors (Lipinski definition) is 0. The van der Waals surface area contributed by atoms with Crippen LogP contribution in [-0.2, 0) is 16.0 Å². The Morgan fingerprint density at radius 2 is 1.96 bits per heavy atom. The van der Waals surface area contributed by atoms with Gasteiger partial charge in [-0.05, 0) is 44.4 Å². The zero-order valence-corrected chi connectivity index (χ0v) is 13.7. The third-order valence-electron chi connectivity index (χ3n) is 5.56. The van der Waals surface area contributed by atoms with E-state index >= 15 is 0 Å². The van der Waals surface area contributed by atoms with Gasteiger partial charge in [0.15, 0.2) is 6.10 Å². The van der Waals surface area contributed by atoms with E-state index < -0.39 is 6.10 Å². The molecule has 0 amide bonds. The number of carbonyl (C=O) groups is 1. The fourth-order valence-corrected chi connectivity index (χ4v) is 4.16. The van der Waals surface area contributed by atoms with Gasteiger partial charge >= 0.3 is 5.97 Å². The summed E-state index contributed by atoms with van der Waals surface area (Å²) in [6.07, 6.45) is 5.03. The van der Waals surface area contributed by atoms with Gasteiger partial charge in [0, 0.05) is 31.7 Å². The van der Waals surface area contributed by atoms with E-state index in [-0.39, 0.29) is 12.1 Å². The minimum atomic E-state index is -0.501. The van der Waals surface area contributed by atoms with E-state index in [9.17, 15) is 4.79 Å². The van der Waals surface area contributed by atoms with Gasteiger partial charge in [-0.25, -0.2) is 4.79 Å². The second-order valence-corrected chi connectivity index (χ2v) is 6.88. The molecule has 2 saturated heterocycles. The number of nitrogens with zero attached hydrogens (tertiary/aromatic N) is 1.